The van der Waals surface area contributed by atoms with Gasteiger partial charge in [0.2, 0.25) is 5.82 Å². The van der Waals surface area contributed by atoms with E-state index in [0.717, 1.165) is 11.3 Å². The Morgan fingerprint density at radius 1 is 1.22 bits per heavy atom. The van der Waals surface area contributed by atoms with Gasteiger partial charge in [-0.15, -0.1) is 0 Å². The summed E-state index contributed by atoms with van der Waals surface area (Å²) in [6.45, 7) is 1.79. The molecule has 5 nitrogen and oxygen atoms in total. The van der Waals surface area contributed by atoms with Gasteiger partial charge >= 0.3 is 0 Å². The van der Waals surface area contributed by atoms with Gasteiger partial charge in [-0.05, 0) is 37.3 Å². The Bertz CT molecular complexity index is 579. The zero-order chi connectivity index (χ0) is 13.1. The lowest BCUT2D eigenvalue weighted by Gasteiger charge is -2.05. The molecule has 5 heteroatoms. The van der Waals surface area contributed by atoms with Crippen molar-refractivity contribution in [3.05, 3.63) is 41.9 Å². The van der Waals surface area contributed by atoms with E-state index in [1.165, 1.54) is 0 Å². The van der Waals surface area contributed by atoms with Crippen LogP contribution in [0.5, 0.6) is 5.75 Å². The third-order valence-corrected chi connectivity index (χ3v) is 2.46. The molecular formula is C13H13N3O2. The maximum Gasteiger partial charge on any atom is 0.286 e. The number of amides is 1. The highest BCUT2D eigenvalue weighted by atomic mass is 16.5. The van der Waals surface area contributed by atoms with E-state index in [0.29, 0.717) is 11.4 Å². The van der Waals surface area contributed by atoms with Gasteiger partial charge in [-0.3, -0.25) is 4.79 Å². The minimum absolute atomic E-state index is 0.0285. The molecule has 1 heterocycles. The van der Waals surface area contributed by atoms with E-state index < -0.39 is 5.91 Å². The maximum atomic E-state index is 11.1. The smallest absolute Gasteiger partial charge is 0.286 e. The molecule has 18 heavy (non-hydrogen) atoms. The van der Waals surface area contributed by atoms with Crippen LogP contribution < -0.4 is 10.5 Å². The molecule has 0 radical (unpaired) electrons. The summed E-state index contributed by atoms with van der Waals surface area (Å²) in [4.78, 5) is 19.2. The molecule has 0 saturated heterocycles. The number of aryl methyl sites for hydroxylation is 1. The SMILES string of the molecule is COc1ccc(-c2cc(C)nc(C(N)=O)n2)cc1. The van der Waals surface area contributed by atoms with Crippen LogP contribution >= 0.6 is 0 Å². The van der Waals surface area contributed by atoms with Crippen LogP contribution in [0.25, 0.3) is 11.3 Å². The highest BCUT2D eigenvalue weighted by molar-refractivity contribution is 5.89. The standard InChI is InChI=1S/C13H13N3O2/c1-8-7-11(16-13(15-8)12(14)17)9-3-5-10(18-2)6-4-9/h3-7H,1-2H3,(H2,14,17). The van der Waals surface area contributed by atoms with Crippen molar-refractivity contribution in [3.8, 4) is 17.0 Å². The van der Waals surface area contributed by atoms with Gasteiger partial charge in [0.25, 0.3) is 5.91 Å². The predicted octanol–water partition coefficient (Wildman–Crippen LogP) is 1.56. The molecule has 0 aliphatic carbocycles. The molecule has 1 aromatic carbocycles. The van der Waals surface area contributed by atoms with E-state index in [-0.39, 0.29) is 5.82 Å². The first-order valence-electron chi connectivity index (χ1n) is 5.40. The van der Waals surface area contributed by atoms with E-state index >= 15 is 0 Å². The quantitative estimate of drug-likeness (QED) is 0.887. The fourth-order valence-electron chi connectivity index (χ4n) is 1.59. The fourth-order valence-corrected chi connectivity index (χ4v) is 1.59. The van der Waals surface area contributed by atoms with Crippen molar-refractivity contribution in [2.45, 2.75) is 6.92 Å². The molecule has 0 unspecified atom stereocenters. The first-order chi connectivity index (χ1) is 8.60. The summed E-state index contributed by atoms with van der Waals surface area (Å²) in [5.74, 6) is 0.161. The van der Waals surface area contributed by atoms with Gasteiger partial charge in [0.15, 0.2) is 0 Å². The van der Waals surface area contributed by atoms with Crippen molar-refractivity contribution in [2.75, 3.05) is 7.11 Å². The number of hydrogen-bond acceptors (Lipinski definition) is 4. The highest BCUT2D eigenvalue weighted by Gasteiger charge is 2.08. The molecule has 0 spiro atoms. The zero-order valence-corrected chi connectivity index (χ0v) is 10.2. The van der Waals surface area contributed by atoms with Crippen molar-refractivity contribution < 1.29 is 9.53 Å². The van der Waals surface area contributed by atoms with E-state index in [1.54, 1.807) is 20.1 Å². The monoisotopic (exact) mass is 243 g/mol. The molecular weight excluding hydrogens is 230 g/mol. The van der Waals surface area contributed by atoms with Gasteiger partial charge < -0.3 is 10.5 Å². The second kappa shape index (κ2) is 4.83. The van der Waals surface area contributed by atoms with Gasteiger partial charge in [0, 0.05) is 11.3 Å². The van der Waals surface area contributed by atoms with E-state index in [9.17, 15) is 4.79 Å². The molecule has 2 N–H and O–H groups in total. The zero-order valence-electron chi connectivity index (χ0n) is 10.2. The third kappa shape index (κ3) is 2.45. The number of ether oxygens (including phenoxy) is 1. The summed E-state index contributed by atoms with van der Waals surface area (Å²) in [5, 5.41) is 0. The second-order valence-electron chi connectivity index (χ2n) is 3.81. The number of carbonyl (C=O) groups is 1. The van der Waals surface area contributed by atoms with Crippen LogP contribution in [0.3, 0.4) is 0 Å². The Labute approximate surface area is 105 Å². The molecule has 0 saturated carbocycles. The Kier molecular flexibility index (Phi) is 3.23. The van der Waals surface area contributed by atoms with Crippen molar-refractivity contribution in [3.63, 3.8) is 0 Å². The number of hydrogen-bond donors (Lipinski definition) is 1. The van der Waals surface area contributed by atoms with Gasteiger partial charge in [-0.1, -0.05) is 0 Å². The fraction of sp³-hybridized carbons (Fsp3) is 0.154. The minimum Gasteiger partial charge on any atom is -0.497 e. The van der Waals surface area contributed by atoms with Gasteiger partial charge in [-0.25, -0.2) is 9.97 Å². The minimum atomic E-state index is -0.631. The van der Waals surface area contributed by atoms with Crippen molar-refractivity contribution in [1.29, 1.82) is 0 Å². The number of rotatable bonds is 3. The normalized spacial score (nSPS) is 10.1. The number of primary amides is 1. The summed E-state index contributed by atoms with van der Waals surface area (Å²) in [5.41, 5.74) is 7.43. The number of benzene rings is 1. The number of nitrogens with zero attached hydrogens (tertiary/aromatic N) is 2. The summed E-state index contributed by atoms with van der Waals surface area (Å²) < 4.78 is 5.08. The lowest BCUT2D eigenvalue weighted by atomic mass is 10.1. The Morgan fingerprint density at radius 2 is 1.89 bits per heavy atom. The highest BCUT2D eigenvalue weighted by Crippen LogP contribution is 2.21. The van der Waals surface area contributed by atoms with Gasteiger partial charge in [0.05, 0.1) is 12.8 Å². The molecule has 0 fully saturated rings. The number of methoxy groups -OCH3 is 1. The Hall–Kier alpha value is -2.43. The average molecular weight is 243 g/mol. The van der Waals surface area contributed by atoms with E-state index in [4.69, 9.17) is 10.5 Å². The maximum absolute atomic E-state index is 11.1. The first-order valence-corrected chi connectivity index (χ1v) is 5.40. The van der Waals surface area contributed by atoms with Crippen molar-refractivity contribution in [2.24, 2.45) is 5.73 Å². The molecule has 1 aromatic heterocycles. The summed E-state index contributed by atoms with van der Waals surface area (Å²) >= 11 is 0. The Balaban J connectivity index is 2.46. The molecule has 0 atom stereocenters. The van der Waals surface area contributed by atoms with Crippen LogP contribution in [-0.4, -0.2) is 23.0 Å². The summed E-state index contributed by atoms with van der Waals surface area (Å²) in [6.07, 6.45) is 0. The van der Waals surface area contributed by atoms with Crippen molar-refractivity contribution >= 4 is 5.91 Å². The topological polar surface area (TPSA) is 78.1 Å². The number of nitrogens with two attached hydrogens (primary N) is 1. The average Bonchev–Trinajstić information content (AvgIpc) is 2.38. The summed E-state index contributed by atoms with van der Waals surface area (Å²) in [6, 6.07) is 9.19. The molecule has 0 bridgehead atoms. The van der Waals surface area contributed by atoms with Crippen LogP contribution in [0.4, 0.5) is 0 Å². The molecule has 2 rings (SSSR count). The largest absolute Gasteiger partial charge is 0.497 e. The molecule has 2 aromatic rings. The molecule has 0 aliphatic rings. The van der Waals surface area contributed by atoms with Crippen LogP contribution in [0, 0.1) is 6.92 Å². The number of carbonyl (C=O) groups excluding carboxylic acids is 1. The van der Waals surface area contributed by atoms with Gasteiger partial charge in [-0.2, -0.15) is 0 Å². The van der Waals surface area contributed by atoms with Crippen LogP contribution in [0.1, 0.15) is 16.3 Å². The van der Waals surface area contributed by atoms with Crippen LogP contribution in [0.2, 0.25) is 0 Å². The molecule has 0 aliphatic heterocycles. The lowest BCUT2D eigenvalue weighted by molar-refractivity contribution is 0.0990. The first kappa shape index (κ1) is 12.0. The second-order valence-corrected chi connectivity index (χ2v) is 3.81. The summed E-state index contributed by atoms with van der Waals surface area (Å²) in [7, 11) is 1.61. The van der Waals surface area contributed by atoms with Gasteiger partial charge in [0.1, 0.15) is 5.75 Å². The Morgan fingerprint density at radius 3 is 2.44 bits per heavy atom. The van der Waals surface area contributed by atoms with E-state index in [1.807, 2.05) is 24.3 Å². The number of aromatic nitrogens is 2. The molecule has 1 amide bonds. The third-order valence-electron chi connectivity index (χ3n) is 2.46. The van der Waals surface area contributed by atoms with Crippen LogP contribution in [-0.2, 0) is 0 Å². The molecule has 92 valence electrons. The predicted molar refractivity (Wildman–Crippen MR) is 67.3 cm³/mol. The van der Waals surface area contributed by atoms with Crippen molar-refractivity contribution in [1.82, 2.24) is 9.97 Å². The van der Waals surface area contributed by atoms with E-state index in [2.05, 4.69) is 9.97 Å². The van der Waals surface area contributed by atoms with Crippen LogP contribution in [0.15, 0.2) is 30.3 Å². The lowest BCUT2D eigenvalue weighted by Crippen LogP contribution is -2.16.